The first-order valence-electron chi connectivity index (χ1n) is 12.4. The summed E-state index contributed by atoms with van der Waals surface area (Å²) in [5.74, 6) is -0.0989. The van der Waals surface area contributed by atoms with Gasteiger partial charge in [0.05, 0.1) is 23.9 Å². The number of anilines is 1. The maximum absolute atomic E-state index is 13.9. The molecule has 3 N–H and O–H groups in total. The van der Waals surface area contributed by atoms with Gasteiger partial charge in [0.2, 0.25) is 17.7 Å². The van der Waals surface area contributed by atoms with Gasteiger partial charge in [-0.2, -0.15) is 5.10 Å². The Balaban J connectivity index is 1.19. The number of nitrogens with zero attached hydrogens (tertiary/aromatic N) is 4. The molecule has 1 saturated heterocycles. The number of hydrogen-bond donors (Lipinski definition) is 2. The van der Waals surface area contributed by atoms with Crippen LogP contribution in [-0.2, 0) is 19.8 Å². The summed E-state index contributed by atoms with van der Waals surface area (Å²) in [6.07, 6.45) is 7.36. The summed E-state index contributed by atoms with van der Waals surface area (Å²) in [6.45, 7) is 0.400. The van der Waals surface area contributed by atoms with Gasteiger partial charge in [-0.15, -0.1) is 0 Å². The normalized spacial score (nSPS) is 25.5. The van der Waals surface area contributed by atoms with Crippen LogP contribution in [0.25, 0.3) is 11.0 Å². The molecule has 2 fully saturated rings. The summed E-state index contributed by atoms with van der Waals surface area (Å²) in [6, 6.07) is 9.05. The molecule has 10 heteroatoms. The molecule has 3 amide bonds. The van der Waals surface area contributed by atoms with Crippen molar-refractivity contribution in [2.45, 2.75) is 56.1 Å². The van der Waals surface area contributed by atoms with Gasteiger partial charge in [-0.3, -0.25) is 19.5 Å². The molecule has 1 saturated carbocycles. The second-order valence-electron chi connectivity index (χ2n) is 9.93. The van der Waals surface area contributed by atoms with E-state index in [1.807, 2.05) is 30.3 Å². The fourth-order valence-electron chi connectivity index (χ4n) is 6.10. The summed E-state index contributed by atoms with van der Waals surface area (Å²) in [5.41, 5.74) is 7.29. The average molecular weight is 489 g/mol. The Hall–Kier alpha value is -3.95. The number of amides is 3. The van der Waals surface area contributed by atoms with Crippen molar-refractivity contribution in [1.82, 2.24) is 20.1 Å². The molecule has 0 unspecified atom stereocenters. The lowest BCUT2D eigenvalue weighted by molar-refractivity contribution is -0.137. The van der Waals surface area contributed by atoms with Gasteiger partial charge < -0.3 is 20.3 Å². The van der Waals surface area contributed by atoms with Crippen LogP contribution in [0.15, 0.2) is 42.7 Å². The van der Waals surface area contributed by atoms with Gasteiger partial charge >= 0.3 is 0 Å². The van der Waals surface area contributed by atoms with E-state index in [-0.39, 0.29) is 24.5 Å². The van der Waals surface area contributed by atoms with E-state index in [4.69, 9.17) is 10.5 Å². The zero-order chi connectivity index (χ0) is 24.9. The van der Waals surface area contributed by atoms with Crippen LogP contribution in [0, 0.1) is 0 Å². The smallest absolute Gasteiger partial charge is 0.243 e. The number of nitrogens with one attached hydrogen (secondary N) is 1. The van der Waals surface area contributed by atoms with Crippen molar-refractivity contribution >= 4 is 34.4 Å². The molecule has 1 atom stereocenters. The van der Waals surface area contributed by atoms with Gasteiger partial charge in [-0.25, -0.2) is 4.98 Å². The lowest BCUT2D eigenvalue weighted by Crippen LogP contribution is -2.50. The zero-order valence-electron chi connectivity index (χ0n) is 19.9. The van der Waals surface area contributed by atoms with Crippen LogP contribution in [-0.4, -0.2) is 63.0 Å². The van der Waals surface area contributed by atoms with Gasteiger partial charge in [0, 0.05) is 17.6 Å². The van der Waals surface area contributed by atoms with Crippen molar-refractivity contribution in [2.75, 3.05) is 18.0 Å². The van der Waals surface area contributed by atoms with Gasteiger partial charge in [0.1, 0.15) is 18.3 Å². The van der Waals surface area contributed by atoms with Crippen LogP contribution in [0.5, 0.6) is 5.75 Å². The molecule has 10 nitrogen and oxygen atoms in total. The first kappa shape index (κ1) is 22.5. The maximum atomic E-state index is 13.9. The molecular formula is C26H28N6O4. The van der Waals surface area contributed by atoms with Crippen molar-refractivity contribution in [1.29, 1.82) is 0 Å². The molecule has 1 aromatic carbocycles. The van der Waals surface area contributed by atoms with Crippen LogP contribution >= 0.6 is 0 Å². The molecule has 2 aromatic heterocycles. The van der Waals surface area contributed by atoms with Crippen LogP contribution in [0.1, 0.15) is 44.1 Å². The Bertz CT molecular complexity index is 1340. The minimum atomic E-state index is -0.669. The van der Waals surface area contributed by atoms with E-state index < -0.39 is 17.4 Å². The summed E-state index contributed by atoms with van der Waals surface area (Å²) in [7, 11) is 0. The fraction of sp³-hybridized carbons (Fsp3) is 0.423. The SMILES string of the molecule is NC(=O)[C@@H]1CCCN1C(=O)CN1C(=O)C2(CCC(Oc3cnc4[nH]ncc4c3)CC2)c2ccccc21. The molecular weight excluding hydrogens is 460 g/mol. The number of carbonyl (C=O) groups excluding carboxylic acids is 3. The van der Waals surface area contributed by atoms with Gasteiger partial charge in [-0.1, -0.05) is 18.2 Å². The third-order valence-corrected chi connectivity index (χ3v) is 7.91. The largest absolute Gasteiger partial charge is 0.489 e. The molecule has 6 rings (SSSR count). The number of nitrogens with two attached hydrogens (primary N) is 1. The summed E-state index contributed by atoms with van der Waals surface area (Å²) >= 11 is 0. The second kappa shape index (κ2) is 8.61. The number of likely N-dealkylation sites (tertiary alicyclic amines) is 1. The van der Waals surface area contributed by atoms with E-state index in [0.29, 0.717) is 50.0 Å². The molecule has 2 aliphatic heterocycles. The van der Waals surface area contributed by atoms with Crippen molar-refractivity contribution < 1.29 is 19.1 Å². The minimum Gasteiger partial charge on any atom is -0.489 e. The third-order valence-electron chi connectivity index (χ3n) is 7.91. The summed E-state index contributed by atoms with van der Waals surface area (Å²) in [4.78, 5) is 46.3. The number of hydrogen-bond acceptors (Lipinski definition) is 6. The maximum Gasteiger partial charge on any atom is 0.243 e. The van der Waals surface area contributed by atoms with E-state index in [1.54, 1.807) is 17.3 Å². The lowest BCUT2D eigenvalue weighted by atomic mass is 9.69. The van der Waals surface area contributed by atoms with Crippen LogP contribution in [0.3, 0.4) is 0 Å². The fourth-order valence-corrected chi connectivity index (χ4v) is 6.10. The number of ether oxygens (including phenoxy) is 1. The number of para-hydroxylation sites is 1. The summed E-state index contributed by atoms with van der Waals surface area (Å²) in [5, 5.41) is 7.72. The topological polar surface area (TPSA) is 135 Å². The van der Waals surface area contributed by atoms with Crippen LogP contribution < -0.4 is 15.4 Å². The van der Waals surface area contributed by atoms with Gasteiger partial charge in [-0.05, 0) is 56.2 Å². The second-order valence-corrected chi connectivity index (χ2v) is 9.93. The first-order chi connectivity index (χ1) is 17.5. The molecule has 3 aliphatic rings. The molecule has 4 heterocycles. The minimum absolute atomic E-state index is 0.0293. The standard InChI is InChI=1S/C26H28N6O4/c27-23(34)21-6-3-11-31(21)22(33)15-32-20-5-2-1-4-19(20)26(25(32)35)9-7-17(8-10-26)36-18-12-16-13-29-30-24(16)28-14-18/h1-2,4-5,12-14,17,21H,3,6-11,15H2,(H2,27,34)(H,28,29,30)/t17?,21-,26?/m0/s1. The number of aromatic nitrogens is 3. The number of primary amides is 1. The predicted octanol–water partition coefficient (Wildman–Crippen LogP) is 2.04. The van der Waals surface area contributed by atoms with Crippen LogP contribution in [0.2, 0.25) is 0 Å². The van der Waals surface area contributed by atoms with Gasteiger partial charge in [0.15, 0.2) is 5.65 Å². The highest BCUT2D eigenvalue weighted by Crippen LogP contribution is 2.50. The quantitative estimate of drug-likeness (QED) is 0.564. The van der Waals surface area contributed by atoms with E-state index in [2.05, 4.69) is 15.2 Å². The Kier molecular flexibility index (Phi) is 5.39. The van der Waals surface area contributed by atoms with E-state index in [1.165, 1.54) is 4.90 Å². The molecule has 0 radical (unpaired) electrons. The predicted molar refractivity (Wildman–Crippen MR) is 131 cm³/mol. The Morgan fingerprint density at radius 1 is 1.17 bits per heavy atom. The number of aromatic amines is 1. The monoisotopic (exact) mass is 488 g/mol. The molecule has 1 spiro atoms. The number of fused-ring (bicyclic) bond motifs is 3. The Morgan fingerprint density at radius 2 is 1.97 bits per heavy atom. The number of benzene rings is 1. The molecule has 0 bridgehead atoms. The van der Waals surface area contributed by atoms with Crippen LogP contribution in [0.4, 0.5) is 5.69 Å². The third kappa shape index (κ3) is 3.59. The van der Waals surface area contributed by atoms with E-state index in [0.717, 1.165) is 23.1 Å². The van der Waals surface area contributed by atoms with E-state index >= 15 is 0 Å². The van der Waals surface area contributed by atoms with Crippen molar-refractivity contribution in [3.05, 3.63) is 48.3 Å². The van der Waals surface area contributed by atoms with Gasteiger partial charge in [0.25, 0.3) is 0 Å². The highest BCUT2D eigenvalue weighted by Gasteiger charge is 2.53. The first-order valence-corrected chi connectivity index (χ1v) is 12.4. The zero-order valence-corrected chi connectivity index (χ0v) is 19.9. The average Bonchev–Trinajstić information content (AvgIpc) is 3.61. The molecule has 36 heavy (non-hydrogen) atoms. The van der Waals surface area contributed by atoms with Crippen molar-refractivity contribution in [3.8, 4) is 5.75 Å². The molecule has 186 valence electrons. The number of carbonyl (C=O) groups is 3. The number of H-pyrrole nitrogens is 1. The van der Waals surface area contributed by atoms with E-state index in [9.17, 15) is 14.4 Å². The lowest BCUT2D eigenvalue weighted by Gasteiger charge is -2.36. The summed E-state index contributed by atoms with van der Waals surface area (Å²) < 4.78 is 6.22. The molecule has 1 aliphatic carbocycles. The number of pyridine rings is 1. The highest BCUT2D eigenvalue weighted by atomic mass is 16.5. The molecule has 3 aromatic rings. The number of rotatable bonds is 5. The Labute approximate surface area is 207 Å². The highest BCUT2D eigenvalue weighted by molar-refractivity contribution is 6.11. The van der Waals surface area contributed by atoms with Crippen molar-refractivity contribution in [2.24, 2.45) is 5.73 Å². The van der Waals surface area contributed by atoms with Crippen molar-refractivity contribution in [3.63, 3.8) is 0 Å². The Morgan fingerprint density at radius 3 is 2.78 bits per heavy atom.